The van der Waals surface area contributed by atoms with Crippen LogP contribution in [0.3, 0.4) is 0 Å². The summed E-state index contributed by atoms with van der Waals surface area (Å²) in [6.45, 7) is 1.19. The summed E-state index contributed by atoms with van der Waals surface area (Å²) in [5.74, 6) is -0.786. The van der Waals surface area contributed by atoms with Gasteiger partial charge in [0.1, 0.15) is 0 Å². The summed E-state index contributed by atoms with van der Waals surface area (Å²) in [5, 5.41) is 8.37. The van der Waals surface area contributed by atoms with Gasteiger partial charge in [0, 0.05) is 13.1 Å². The Morgan fingerprint density at radius 1 is 1.12 bits per heavy atom. The predicted octanol–water partition coefficient (Wildman–Crippen LogP) is 0.350. The van der Waals surface area contributed by atoms with Crippen molar-refractivity contribution in [1.29, 1.82) is 0 Å². The van der Waals surface area contributed by atoms with Crippen LogP contribution in [0.15, 0.2) is 30.3 Å². The molecule has 16 heavy (non-hydrogen) atoms. The first kappa shape index (κ1) is 17.3. The standard InChI is InChI=1S/C8H8O2.C2H8N2.ClHO/c9-8(10)6-7-4-2-1-3-5-7;3-1-2-4;1-2/h1-5H,6H2,(H,9,10);1-4H2;2H. The SMILES string of the molecule is NCCN.O=C(O)Cc1ccccc1.OCl. The van der Waals surface area contributed by atoms with Crippen LogP contribution in [0.2, 0.25) is 0 Å². The normalized spacial score (nSPS) is 8.00. The zero-order chi connectivity index (χ0) is 12.8. The fourth-order valence-electron chi connectivity index (χ4n) is 0.770. The molecular formula is C10H17ClN2O3. The van der Waals surface area contributed by atoms with Gasteiger partial charge >= 0.3 is 5.97 Å². The van der Waals surface area contributed by atoms with Crippen LogP contribution in [0, 0.1) is 0 Å². The van der Waals surface area contributed by atoms with Crippen molar-refractivity contribution in [2.24, 2.45) is 11.5 Å². The van der Waals surface area contributed by atoms with Crippen LogP contribution in [0.1, 0.15) is 5.56 Å². The lowest BCUT2D eigenvalue weighted by Crippen LogP contribution is -2.11. The van der Waals surface area contributed by atoms with E-state index < -0.39 is 5.97 Å². The van der Waals surface area contributed by atoms with Crippen molar-refractivity contribution >= 4 is 17.8 Å². The molecule has 92 valence electrons. The average molecular weight is 249 g/mol. The van der Waals surface area contributed by atoms with Crippen molar-refractivity contribution in [3.8, 4) is 0 Å². The minimum Gasteiger partial charge on any atom is -0.481 e. The van der Waals surface area contributed by atoms with Crippen LogP contribution >= 0.6 is 11.9 Å². The Bertz CT molecular complexity index is 256. The number of aliphatic carboxylic acids is 1. The fourth-order valence-corrected chi connectivity index (χ4v) is 0.770. The number of hydrogen-bond acceptors (Lipinski definition) is 4. The van der Waals surface area contributed by atoms with Crippen LogP contribution in [0.4, 0.5) is 0 Å². The van der Waals surface area contributed by atoms with Gasteiger partial charge in [-0.15, -0.1) is 0 Å². The Morgan fingerprint density at radius 3 is 1.88 bits per heavy atom. The third-order valence-corrected chi connectivity index (χ3v) is 1.36. The summed E-state index contributed by atoms with van der Waals surface area (Å²) in [6.07, 6.45) is 0.112. The molecule has 0 aromatic heterocycles. The minimum absolute atomic E-state index is 0.112. The Balaban J connectivity index is 0. The van der Waals surface area contributed by atoms with Gasteiger partial charge in [-0.1, -0.05) is 30.3 Å². The molecule has 1 aromatic carbocycles. The van der Waals surface area contributed by atoms with Gasteiger partial charge in [0.05, 0.1) is 18.3 Å². The van der Waals surface area contributed by atoms with E-state index in [0.29, 0.717) is 13.1 Å². The maximum absolute atomic E-state index is 10.2. The molecule has 0 fully saturated rings. The molecule has 0 radical (unpaired) electrons. The van der Waals surface area contributed by atoms with Crippen LogP contribution < -0.4 is 11.5 Å². The van der Waals surface area contributed by atoms with E-state index in [2.05, 4.69) is 11.9 Å². The lowest BCUT2D eigenvalue weighted by atomic mass is 10.2. The molecule has 6 N–H and O–H groups in total. The molecule has 0 spiro atoms. The van der Waals surface area contributed by atoms with Gasteiger partial charge in [-0.3, -0.25) is 9.45 Å². The van der Waals surface area contributed by atoms with Gasteiger partial charge in [0.2, 0.25) is 0 Å². The molecule has 0 atom stereocenters. The number of carboxylic acid groups (broad SMARTS) is 1. The lowest BCUT2D eigenvalue weighted by Gasteiger charge is -1.92. The second kappa shape index (κ2) is 13.9. The van der Waals surface area contributed by atoms with Gasteiger partial charge in [-0.25, -0.2) is 0 Å². The second-order valence-corrected chi connectivity index (χ2v) is 2.63. The fraction of sp³-hybridized carbons (Fsp3) is 0.300. The highest BCUT2D eigenvalue weighted by Gasteiger charge is 1.96. The van der Waals surface area contributed by atoms with Gasteiger partial charge < -0.3 is 16.6 Å². The highest BCUT2D eigenvalue weighted by atomic mass is 35.5. The van der Waals surface area contributed by atoms with E-state index in [1.54, 1.807) is 12.1 Å². The molecule has 1 rings (SSSR count). The highest BCUT2D eigenvalue weighted by Crippen LogP contribution is 1.98. The van der Waals surface area contributed by atoms with Crippen molar-refractivity contribution in [2.45, 2.75) is 6.42 Å². The molecule has 0 aliphatic rings. The van der Waals surface area contributed by atoms with E-state index in [0.717, 1.165) is 5.56 Å². The van der Waals surface area contributed by atoms with Crippen molar-refractivity contribution in [3.05, 3.63) is 35.9 Å². The first-order valence-corrected chi connectivity index (χ1v) is 4.87. The molecule has 0 bridgehead atoms. The summed E-state index contributed by atoms with van der Waals surface area (Å²) in [7, 11) is 0. The Labute approximate surface area is 99.8 Å². The van der Waals surface area contributed by atoms with E-state index in [-0.39, 0.29) is 6.42 Å². The third-order valence-electron chi connectivity index (χ3n) is 1.36. The van der Waals surface area contributed by atoms with Crippen molar-refractivity contribution < 1.29 is 14.6 Å². The number of benzene rings is 1. The van der Waals surface area contributed by atoms with E-state index in [9.17, 15) is 4.79 Å². The molecule has 0 unspecified atom stereocenters. The molecular weight excluding hydrogens is 232 g/mol. The number of halogens is 1. The second-order valence-electron chi connectivity index (χ2n) is 2.63. The predicted molar refractivity (Wildman–Crippen MR) is 64.0 cm³/mol. The minimum atomic E-state index is -0.786. The molecule has 0 saturated carbocycles. The zero-order valence-electron chi connectivity index (χ0n) is 8.84. The Hall–Kier alpha value is -1.14. The number of carboxylic acids is 1. The van der Waals surface area contributed by atoms with Crippen LogP contribution in [0.5, 0.6) is 0 Å². The molecule has 0 amide bonds. The molecule has 6 heteroatoms. The molecule has 0 aliphatic carbocycles. The topological polar surface area (TPSA) is 110 Å². The molecule has 1 aromatic rings. The van der Waals surface area contributed by atoms with E-state index in [4.69, 9.17) is 21.2 Å². The van der Waals surface area contributed by atoms with E-state index in [1.807, 2.05) is 18.2 Å². The maximum atomic E-state index is 10.2. The van der Waals surface area contributed by atoms with Gasteiger partial charge in [0.15, 0.2) is 0 Å². The summed E-state index contributed by atoms with van der Waals surface area (Å²) in [6, 6.07) is 9.13. The van der Waals surface area contributed by atoms with Crippen molar-refractivity contribution in [3.63, 3.8) is 0 Å². The summed E-state index contributed by atoms with van der Waals surface area (Å²) in [5.41, 5.74) is 10.6. The smallest absolute Gasteiger partial charge is 0.307 e. The lowest BCUT2D eigenvalue weighted by molar-refractivity contribution is -0.136. The van der Waals surface area contributed by atoms with E-state index >= 15 is 0 Å². The maximum Gasteiger partial charge on any atom is 0.307 e. The molecule has 5 nitrogen and oxygen atoms in total. The monoisotopic (exact) mass is 248 g/mol. The first-order chi connectivity index (χ1) is 7.70. The third kappa shape index (κ3) is 12.9. The molecule has 0 saturated heterocycles. The summed E-state index contributed by atoms with van der Waals surface area (Å²) >= 11 is 3.64. The van der Waals surface area contributed by atoms with Crippen molar-refractivity contribution in [1.82, 2.24) is 0 Å². The quantitative estimate of drug-likeness (QED) is 0.617. The number of carbonyl (C=O) groups is 1. The molecule has 0 heterocycles. The molecule has 0 aliphatic heterocycles. The largest absolute Gasteiger partial charge is 0.481 e. The number of rotatable bonds is 3. The first-order valence-electron chi connectivity index (χ1n) is 4.53. The van der Waals surface area contributed by atoms with E-state index in [1.165, 1.54) is 0 Å². The van der Waals surface area contributed by atoms with Crippen LogP contribution in [-0.4, -0.2) is 28.8 Å². The average Bonchev–Trinajstić information content (AvgIpc) is 2.32. The summed E-state index contributed by atoms with van der Waals surface area (Å²) < 4.78 is 6.47. The van der Waals surface area contributed by atoms with Crippen LogP contribution in [0.25, 0.3) is 0 Å². The zero-order valence-corrected chi connectivity index (χ0v) is 9.60. The van der Waals surface area contributed by atoms with Gasteiger partial charge in [-0.05, 0) is 5.56 Å². The summed E-state index contributed by atoms with van der Waals surface area (Å²) in [4.78, 5) is 10.2. The highest BCUT2D eigenvalue weighted by molar-refractivity contribution is 6.04. The Morgan fingerprint density at radius 2 is 1.56 bits per heavy atom. The Kier molecular flexibility index (Phi) is 15.0. The van der Waals surface area contributed by atoms with Gasteiger partial charge in [-0.2, -0.15) is 0 Å². The van der Waals surface area contributed by atoms with Crippen LogP contribution in [-0.2, 0) is 11.2 Å². The van der Waals surface area contributed by atoms with Gasteiger partial charge in [0.25, 0.3) is 0 Å². The van der Waals surface area contributed by atoms with Crippen molar-refractivity contribution in [2.75, 3.05) is 13.1 Å². The number of hydrogen-bond donors (Lipinski definition) is 4. The number of nitrogens with two attached hydrogens (primary N) is 2.